The second kappa shape index (κ2) is 12.4. The second-order valence-electron chi connectivity index (χ2n) is 9.68. The predicted molar refractivity (Wildman–Crippen MR) is 141 cm³/mol. The minimum absolute atomic E-state index is 0.0308. The van der Waals surface area contributed by atoms with Gasteiger partial charge in [0.25, 0.3) is 0 Å². The highest BCUT2D eigenvalue weighted by atomic mass is 79.9. The van der Waals surface area contributed by atoms with E-state index in [4.69, 9.17) is 11.6 Å². The Morgan fingerprint density at radius 1 is 1.11 bits per heavy atom. The molecule has 8 nitrogen and oxygen atoms in total. The first kappa shape index (κ1) is 26.2. The van der Waals surface area contributed by atoms with Crippen molar-refractivity contribution in [2.45, 2.75) is 49.4 Å². The summed E-state index contributed by atoms with van der Waals surface area (Å²) in [7, 11) is 0. The number of benzene rings is 1. The molecule has 10 heteroatoms. The van der Waals surface area contributed by atoms with Gasteiger partial charge in [0.2, 0.25) is 11.8 Å². The molecule has 3 atom stereocenters. The number of anilines is 1. The normalized spacial score (nSPS) is 25.3. The molecule has 3 unspecified atom stereocenters. The van der Waals surface area contributed by atoms with E-state index in [1.54, 1.807) is 0 Å². The third-order valence-electron chi connectivity index (χ3n) is 7.23. The molecule has 1 saturated carbocycles. The zero-order chi connectivity index (χ0) is 24.8. The van der Waals surface area contributed by atoms with Crippen molar-refractivity contribution in [1.29, 1.82) is 0 Å². The average molecular weight is 569 g/mol. The summed E-state index contributed by atoms with van der Waals surface area (Å²) in [5.74, 6) is -0.289. The van der Waals surface area contributed by atoms with Crippen molar-refractivity contribution in [1.82, 2.24) is 20.4 Å². The molecule has 1 aliphatic carbocycles. The zero-order valence-corrected chi connectivity index (χ0v) is 22.4. The lowest BCUT2D eigenvalue weighted by Gasteiger charge is -2.41. The number of alkyl halides is 1. The number of nitrogens with zero attached hydrogens (tertiary/aromatic N) is 3. The Bertz CT molecular complexity index is 911. The Hall–Kier alpha value is -1.84. The number of carbonyl (C=O) groups is 3. The van der Waals surface area contributed by atoms with Crippen LogP contribution in [0, 0.1) is 5.92 Å². The van der Waals surface area contributed by atoms with E-state index < -0.39 is 0 Å². The minimum Gasteiger partial charge on any atom is -0.369 e. The molecule has 4 amide bonds. The molecule has 2 aliphatic heterocycles. The van der Waals surface area contributed by atoms with Crippen molar-refractivity contribution in [3.8, 4) is 0 Å². The summed E-state index contributed by atoms with van der Waals surface area (Å²) in [4.78, 5) is 43.8. The smallest absolute Gasteiger partial charge is 0.324 e. The summed E-state index contributed by atoms with van der Waals surface area (Å²) in [5, 5.41) is 6.71. The maximum absolute atomic E-state index is 12.8. The van der Waals surface area contributed by atoms with E-state index >= 15 is 0 Å². The molecule has 0 spiro atoms. The molecule has 2 saturated heterocycles. The van der Waals surface area contributed by atoms with Crippen LogP contribution in [0.4, 0.5) is 10.5 Å². The summed E-state index contributed by atoms with van der Waals surface area (Å²) in [5.41, 5.74) is 1.17. The van der Waals surface area contributed by atoms with Gasteiger partial charge >= 0.3 is 6.03 Å². The van der Waals surface area contributed by atoms with E-state index in [1.807, 2.05) is 18.2 Å². The standard InChI is InChI=1S/C25H35BrClN5O3/c26-18-7-8-22-21(16-18)24(34)32(25(35)29-22)11-2-6-23(33)28-9-3-10-30-12-14-31(15-13-30)20-5-1-4-19(27)17-20/h1,4-5,17-18,21-22H,2-3,6-16H2,(H,28,33)(H,29,35). The predicted octanol–water partition coefficient (Wildman–Crippen LogP) is 3.23. The number of amides is 4. The van der Waals surface area contributed by atoms with Gasteiger partial charge in [-0.2, -0.15) is 0 Å². The first-order valence-corrected chi connectivity index (χ1v) is 14.0. The summed E-state index contributed by atoms with van der Waals surface area (Å²) >= 11 is 9.72. The minimum atomic E-state index is -0.319. The van der Waals surface area contributed by atoms with Gasteiger partial charge in [0.05, 0.1) is 5.92 Å². The summed E-state index contributed by atoms with van der Waals surface area (Å²) in [6, 6.07) is 7.60. The lowest BCUT2D eigenvalue weighted by Crippen LogP contribution is -2.61. The van der Waals surface area contributed by atoms with Crippen LogP contribution in [0.25, 0.3) is 0 Å². The van der Waals surface area contributed by atoms with E-state index in [-0.39, 0.29) is 36.3 Å². The Kier molecular flexibility index (Phi) is 9.30. The molecule has 0 bridgehead atoms. The summed E-state index contributed by atoms with van der Waals surface area (Å²) in [6.07, 6.45) is 4.22. The number of imide groups is 1. The van der Waals surface area contributed by atoms with Crippen molar-refractivity contribution in [3.05, 3.63) is 29.3 Å². The molecule has 2 N–H and O–H groups in total. The van der Waals surface area contributed by atoms with Gasteiger partial charge in [-0.3, -0.25) is 19.4 Å². The van der Waals surface area contributed by atoms with Crippen molar-refractivity contribution in [3.63, 3.8) is 0 Å². The van der Waals surface area contributed by atoms with E-state index in [2.05, 4.69) is 42.4 Å². The van der Waals surface area contributed by atoms with Crippen LogP contribution in [0.1, 0.15) is 38.5 Å². The molecule has 0 radical (unpaired) electrons. The highest BCUT2D eigenvalue weighted by Gasteiger charge is 2.43. The largest absolute Gasteiger partial charge is 0.369 e. The maximum atomic E-state index is 12.8. The Morgan fingerprint density at radius 3 is 2.69 bits per heavy atom. The molecule has 1 aromatic carbocycles. The molecule has 2 heterocycles. The van der Waals surface area contributed by atoms with Crippen molar-refractivity contribution >= 4 is 51.1 Å². The van der Waals surface area contributed by atoms with E-state index in [0.29, 0.717) is 24.2 Å². The molecule has 0 aromatic heterocycles. The van der Waals surface area contributed by atoms with Gasteiger partial charge in [-0.1, -0.05) is 33.6 Å². The van der Waals surface area contributed by atoms with Crippen LogP contribution in [0.15, 0.2) is 24.3 Å². The Morgan fingerprint density at radius 2 is 1.91 bits per heavy atom. The van der Waals surface area contributed by atoms with Crippen molar-refractivity contribution < 1.29 is 14.4 Å². The van der Waals surface area contributed by atoms with Crippen LogP contribution in [-0.2, 0) is 9.59 Å². The van der Waals surface area contributed by atoms with Gasteiger partial charge in [0, 0.05) is 67.3 Å². The quantitative estimate of drug-likeness (QED) is 0.353. The van der Waals surface area contributed by atoms with Crippen molar-refractivity contribution in [2.75, 3.05) is 50.7 Å². The summed E-state index contributed by atoms with van der Waals surface area (Å²) in [6.45, 7) is 5.77. The first-order valence-electron chi connectivity index (χ1n) is 12.7. The van der Waals surface area contributed by atoms with E-state index in [9.17, 15) is 14.4 Å². The molecule has 4 rings (SSSR count). The molecule has 3 fully saturated rings. The highest BCUT2D eigenvalue weighted by molar-refractivity contribution is 9.09. The lowest BCUT2D eigenvalue weighted by molar-refractivity contribution is -0.136. The fraction of sp³-hybridized carbons (Fsp3) is 0.640. The monoisotopic (exact) mass is 567 g/mol. The van der Waals surface area contributed by atoms with E-state index in [1.165, 1.54) is 10.6 Å². The van der Waals surface area contributed by atoms with Gasteiger partial charge < -0.3 is 15.5 Å². The van der Waals surface area contributed by atoms with Gasteiger partial charge in [-0.05, 0) is 56.8 Å². The Balaban J connectivity index is 1.08. The first-order chi connectivity index (χ1) is 16.9. The van der Waals surface area contributed by atoms with Gasteiger partial charge in [0.1, 0.15) is 0 Å². The number of halogens is 2. The van der Waals surface area contributed by atoms with Crippen LogP contribution in [-0.4, -0.2) is 84.3 Å². The molecular weight excluding hydrogens is 534 g/mol. The molecule has 3 aliphatic rings. The molecular formula is C25H35BrClN5O3. The number of nitrogens with one attached hydrogen (secondary N) is 2. The Labute approximate surface area is 220 Å². The van der Waals surface area contributed by atoms with Gasteiger partial charge in [0.15, 0.2) is 0 Å². The molecule has 192 valence electrons. The fourth-order valence-electron chi connectivity index (χ4n) is 5.23. The number of hydrogen-bond acceptors (Lipinski definition) is 5. The van der Waals surface area contributed by atoms with Crippen LogP contribution in [0.3, 0.4) is 0 Å². The van der Waals surface area contributed by atoms with E-state index in [0.717, 1.165) is 63.4 Å². The SMILES string of the molecule is O=C(CCCN1C(=O)NC2CCC(Br)CC2C1=O)NCCCN1CCN(c2cccc(Cl)c2)CC1. The van der Waals surface area contributed by atoms with Crippen LogP contribution in [0.2, 0.25) is 5.02 Å². The number of rotatable bonds is 9. The lowest BCUT2D eigenvalue weighted by atomic mass is 9.82. The molecule has 1 aromatic rings. The van der Waals surface area contributed by atoms with Crippen LogP contribution in [0.5, 0.6) is 0 Å². The number of fused-ring (bicyclic) bond motifs is 1. The van der Waals surface area contributed by atoms with Crippen molar-refractivity contribution in [2.24, 2.45) is 5.92 Å². The number of carbonyl (C=O) groups excluding carboxylic acids is 3. The molecule has 35 heavy (non-hydrogen) atoms. The second-order valence-corrected chi connectivity index (χ2v) is 11.4. The highest BCUT2D eigenvalue weighted by Crippen LogP contribution is 2.33. The van der Waals surface area contributed by atoms with Crippen LogP contribution < -0.4 is 15.5 Å². The van der Waals surface area contributed by atoms with Gasteiger partial charge in [-0.15, -0.1) is 0 Å². The third-order valence-corrected chi connectivity index (χ3v) is 8.29. The summed E-state index contributed by atoms with van der Waals surface area (Å²) < 4.78 is 0. The fourth-order valence-corrected chi connectivity index (χ4v) is 6.08. The average Bonchev–Trinajstić information content (AvgIpc) is 2.85. The third kappa shape index (κ3) is 7.11. The number of hydrogen-bond donors (Lipinski definition) is 2. The maximum Gasteiger partial charge on any atom is 0.324 e. The number of piperazine rings is 1. The topological polar surface area (TPSA) is 85.0 Å². The zero-order valence-electron chi connectivity index (χ0n) is 20.1. The van der Waals surface area contributed by atoms with Crippen LogP contribution >= 0.6 is 27.5 Å². The van der Waals surface area contributed by atoms with Gasteiger partial charge in [-0.25, -0.2) is 4.79 Å². The number of urea groups is 1.